The SMILES string of the molecule is CCc1cccc(COC2CCCC(O)C2)c1C(=O)O. The Morgan fingerprint density at radius 2 is 2.10 bits per heavy atom. The molecule has 2 rings (SSSR count). The zero-order valence-electron chi connectivity index (χ0n) is 11.8. The molecule has 1 aliphatic carbocycles. The van der Waals surface area contributed by atoms with Gasteiger partial charge in [-0.3, -0.25) is 0 Å². The van der Waals surface area contributed by atoms with Gasteiger partial charge in [-0.05, 0) is 43.2 Å². The van der Waals surface area contributed by atoms with E-state index in [4.69, 9.17) is 4.74 Å². The summed E-state index contributed by atoms with van der Waals surface area (Å²) in [6.45, 7) is 2.25. The van der Waals surface area contributed by atoms with Gasteiger partial charge in [-0.25, -0.2) is 4.79 Å². The van der Waals surface area contributed by atoms with Crippen LogP contribution in [0.1, 0.15) is 54.1 Å². The lowest BCUT2D eigenvalue weighted by molar-refractivity contribution is -0.0231. The van der Waals surface area contributed by atoms with Crippen molar-refractivity contribution in [3.05, 3.63) is 34.9 Å². The first-order valence-corrected chi connectivity index (χ1v) is 7.25. The molecule has 4 heteroatoms. The van der Waals surface area contributed by atoms with Crippen LogP contribution in [0.25, 0.3) is 0 Å². The number of benzene rings is 1. The molecule has 1 aliphatic rings. The number of carbonyl (C=O) groups is 1. The molecule has 0 amide bonds. The van der Waals surface area contributed by atoms with Crippen molar-refractivity contribution in [2.75, 3.05) is 0 Å². The van der Waals surface area contributed by atoms with E-state index in [0.717, 1.165) is 30.4 Å². The molecule has 0 aromatic heterocycles. The van der Waals surface area contributed by atoms with E-state index >= 15 is 0 Å². The van der Waals surface area contributed by atoms with Crippen LogP contribution in [-0.4, -0.2) is 28.4 Å². The molecule has 0 spiro atoms. The molecule has 4 nitrogen and oxygen atoms in total. The van der Waals surface area contributed by atoms with Gasteiger partial charge in [0.05, 0.1) is 24.4 Å². The number of ether oxygens (including phenoxy) is 1. The van der Waals surface area contributed by atoms with E-state index in [1.165, 1.54) is 0 Å². The molecule has 1 aromatic carbocycles. The summed E-state index contributed by atoms with van der Waals surface area (Å²) in [4.78, 5) is 11.4. The molecular formula is C16H22O4. The molecule has 0 saturated heterocycles. The third kappa shape index (κ3) is 3.58. The third-order valence-electron chi connectivity index (χ3n) is 3.90. The fraction of sp³-hybridized carbons (Fsp3) is 0.562. The van der Waals surface area contributed by atoms with Crippen LogP contribution >= 0.6 is 0 Å². The van der Waals surface area contributed by atoms with Crippen molar-refractivity contribution in [2.45, 2.75) is 57.8 Å². The monoisotopic (exact) mass is 278 g/mol. The van der Waals surface area contributed by atoms with E-state index in [9.17, 15) is 15.0 Å². The Hall–Kier alpha value is -1.39. The van der Waals surface area contributed by atoms with Crippen LogP contribution < -0.4 is 0 Å². The maximum Gasteiger partial charge on any atom is 0.336 e. The summed E-state index contributed by atoms with van der Waals surface area (Å²) in [5.41, 5.74) is 1.92. The van der Waals surface area contributed by atoms with Gasteiger partial charge in [0, 0.05) is 0 Å². The van der Waals surface area contributed by atoms with E-state index in [2.05, 4.69) is 0 Å². The molecule has 0 radical (unpaired) electrons. The minimum Gasteiger partial charge on any atom is -0.478 e. The smallest absolute Gasteiger partial charge is 0.336 e. The zero-order chi connectivity index (χ0) is 14.5. The Morgan fingerprint density at radius 3 is 2.75 bits per heavy atom. The Kier molecular flexibility index (Phi) is 5.15. The molecule has 1 fully saturated rings. The van der Waals surface area contributed by atoms with Gasteiger partial charge >= 0.3 is 5.97 Å². The van der Waals surface area contributed by atoms with Gasteiger partial charge in [-0.15, -0.1) is 0 Å². The highest BCUT2D eigenvalue weighted by Gasteiger charge is 2.22. The Morgan fingerprint density at radius 1 is 1.35 bits per heavy atom. The van der Waals surface area contributed by atoms with Gasteiger partial charge in [0.15, 0.2) is 0 Å². The van der Waals surface area contributed by atoms with E-state index in [1.54, 1.807) is 0 Å². The van der Waals surface area contributed by atoms with Crippen LogP contribution in [0, 0.1) is 0 Å². The average molecular weight is 278 g/mol. The normalized spacial score (nSPS) is 22.7. The van der Waals surface area contributed by atoms with Crippen molar-refractivity contribution in [3.8, 4) is 0 Å². The van der Waals surface area contributed by atoms with Crippen molar-refractivity contribution in [1.82, 2.24) is 0 Å². The molecule has 110 valence electrons. The lowest BCUT2D eigenvalue weighted by Crippen LogP contribution is -2.26. The number of aliphatic hydroxyl groups is 1. The Balaban J connectivity index is 2.07. The van der Waals surface area contributed by atoms with Crippen LogP contribution in [0.4, 0.5) is 0 Å². The summed E-state index contributed by atoms with van der Waals surface area (Å²) in [7, 11) is 0. The van der Waals surface area contributed by atoms with Gasteiger partial charge in [0.1, 0.15) is 0 Å². The second-order valence-corrected chi connectivity index (χ2v) is 5.36. The predicted octanol–water partition coefficient (Wildman–Crippen LogP) is 2.77. The van der Waals surface area contributed by atoms with Gasteiger partial charge in [0.25, 0.3) is 0 Å². The van der Waals surface area contributed by atoms with Gasteiger partial charge < -0.3 is 14.9 Å². The first kappa shape index (κ1) is 15.0. The fourth-order valence-electron chi connectivity index (χ4n) is 2.82. The van der Waals surface area contributed by atoms with Crippen LogP contribution in [0.3, 0.4) is 0 Å². The van der Waals surface area contributed by atoms with Crippen LogP contribution in [0.2, 0.25) is 0 Å². The van der Waals surface area contributed by atoms with Crippen molar-refractivity contribution < 1.29 is 19.7 Å². The molecule has 2 atom stereocenters. The summed E-state index contributed by atoms with van der Waals surface area (Å²) < 4.78 is 5.81. The van der Waals surface area contributed by atoms with Crippen molar-refractivity contribution >= 4 is 5.97 Å². The van der Waals surface area contributed by atoms with Crippen LogP contribution in [0.5, 0.6) is 0 Å². The van der Waals surface area contributed by atoms with Crippen LogP contribution in [-0.2, 0) is 17.8 Å². The largest absolute Gasteiger partial charge is 0.478 e. The van der Waals surface area contributed by atoms with Crippen molar-refractivity contribution in [3.63, 3.8) is 0 Å². The number of carboxylic acid groups (broad SMARTS) is 1. The highest BCUT2D eigenvalue weighted by atomic mass is 16.5. The fourth-order valence-corrected chi connectivity index (χ4v) is 2.82. The molecule has 1 saturated carbocycles. The second kappa shape index (κ2) is 6.86. The van der Waals surface area contributed by atoms with Gasteiger partial charge in [-0.1, -0.05) is 25.1 Å². The first-order valence-electron chi connectivity index (χ1n) is 7.25. The number of hydrogen-bond acceptors (Lipinski definition) is 3. The van der Waals surface area contributed by atoms with E-state index in [1.807, 2.05) is 25.1 Å². The summed E-state index contributed by atoms with van der Waals surface area (Å²) >= 11 is 0. The quantitative estimate of drug-likeness (QED) is 0.869. The minimum atomic E-state index is -0.898. The Labute approximate surface area is 119 Å². The number of carboxylic acids is 1. The highest BCUT2D eigenvalue weighted by Crippen LogP contribution is 2.23. The number of aryl methyl sites for hydroxylation is 1. The molecule has 0 bridgehead atoms. The average Bonchev–Trinajstić information content (AvgIpc) is 2.44. The molecule has 2 unspecified atom stereocenters. The summed E-state index contributed by atoms with van der Waals surface area (Å²) in [6.07, 6.45) is 3.83. The zero-order valence-corrected chi connectivity index (χ0v) is 11.8. The number of rotatable bonds is 5. The van der Waals surface area contributed by atoms with E-state index in [0.29, 0.717) is 25.0 Å². The first-order chi connectivity index (χ1) is 9.61. The number of aliphatic hydroxyl groups excluding tert-OH is 1. The summed E-state index contributed by atoms with van der Waals surface area (Å²) in [6, 6.07) is 5.53. The minimum absolute atomic E-state index is 0.0330. The van der Waals surface area contributed by atoms with Crippen molar-refractivity contribution in [1.29, 1.82) is 0 Å². The van der Waals surface area contributed by atoms with Crippen LogP contribution in [0.15, 0.2) is 18.2 Å². The van der Waals surface area contributed by atoms with E-state index in [-0.39, 0.29) is 12.2 Å². The maximum atomic E-state index is 11.4. The molecule has 20 heavy (non-hydrogen) atoms. The number of hydrogen-bond donors (Lipinski definition) is 2. The molecule has 0 heterocycles. The topological polar surface area (TPSA) is 66.8 Å². The lowest BCUT2D eigenvalue weighted by Gasteiger charge is -2.26. The van der Waals surface area contributed by atoms with Gasteiger partial charge in [0.2, 0.25) is 0 Å². The maximum absolute atomic E-state index is 11.4. The molecular weight excluding hydrogens is 256 g/mol. The Bertz CT molecular complexity index is 470. The highest BCUT2D eigenvalue weighted by molar-refractivity contribution is 5.91. The molecule has 0 aliphatic heterocycles. The lowest BCUT2D eigenvalue weighted by atomic mass is 9.95. The number of aromatic carboxylic acids is 1. The standard InChI is InChI=1S/C16H22O4/c1-2-11-5-3-6-12(15(11)16(18)19)10-20-14-8-4-7-13(17)9-14/h3,5-6,13-14,17H,2,4,7-10H2,1H3,(H,18,19). The van der Waals surface area contributed by atoms with Gasteiger partial charge in [-0.2, -0.15) is 0 Å². The van der Waals surface area contributed by atoms with Crippen molar-refractivity contribution in [2.24, 2.45) is 0 Å². The molecule has 1 aromatic rings. The second-order valence-electron chi connectivity index (χ2n) is 5.36. The predicted molar refractivity (Wildman–Crippen MR) is 75.8 cm³/mol. The molecule has 2 N–H and O–H groups in total. The van der Waals surface area contributed by atoms with E-state index < -0.39 is 5.97 Å². The summed E-state index contributed by atoms with van der Waals surface area (Å²) in [5.74, 6) is -0.898. The third-order valence-corrected chi connectivity index (χ3v) is 3.90. The summed E-state index contributed by atoms with van der Waals surface area (Å²) in [5, 5.41) is 19.0.